The Labute approximate surface area is 276 Å². The van der Waals surface area contributed by atoms with Crippen molar-refractivity contribution in [1.29, 1.82) is 0 Å². The first kappa shape index (κ1) is 32.2. The summed E-state index contributed by atoms with van der Waals surface area (Å²) in [6, 6.07) is 6.12. The van der Waals surface area contributed by atoms with Crippen molar-refractivity contribution in [2.75, 3.05) is 38.1 Å². The molecule has 0 unspecified atom stereocenters. The first-order valence-electron chi connectivity index (χ1n) is 14.3. The number of nitro groups is 2. The maximum Gasteiger partial charge on any atom is 0.301 e. The molecule has 0 spiro atoms. The second-order valence-electron chi connectivity index (χ2n) is 12.2. The number of ether oxygens (including phenoxy) is 1. The van der Waals surface area contributed by atoms with Gasteiger partial charge in [-0.2, -0.15) is 0 Å². The van der Waals surface area contributed by atoms with Crippen molar-refractivity contribution in [3.05, 3.63) is 67.8 Å². The van der Waals surface area contributed by atoms with E-state index in [2.05, 4.69) is 0 Å². The molecule has 246 valence electrons. The Morgan fingerprint density at radius 2 is 1.60 bits per heavy atom. The first-order chi connectivity index (χ1) is 22.0. The van der Waals surface area contributed by atoms with E-state index in [-0.39, 0.29) is 35.5 Å². The summed E-state index contributed by atoms with van der Waals surface area (Å²) in [5.74, 6) is -7.65. The number of allylic oxidation sites excluding steroid dienone is 2. The number of alkyl halides is 2. The van der Waals surface area contributed by atoms with Gasteiger partial charge in [0.05, 0.1) is 34.5 Å². The lowest BCUT2D eigenvalue weighted by Crippen LogP contribution is -2.60. The monoisotopic (exact) mass is 687 g/mol. The van der Waals surface area contributed by atoms with Gasteiger partial charge in [0.1, 0.15) is 11.5 Å². The van der Waals surface area contributed by atoms with E-state index in [4.69, 9.17) is 27.9 Å². The fourth-order valence-electron chi connectivity index (χ4n) is 7.69. The summed E-state index contributed by atoms with van der Waals surface area (Å²) in [4.78, 5) is 76.4. The van der Waals surface area contributed by atoms with Crippen molar-refractivity contribution in [1.82, 2.24) is 4.90 Å². The number of carbonyl (C=O) groups is 4. The van der Waals surface area contributed by atoms with Crippen LogP contribution in [-0.4, -0.2) is 81.5 Å². The first-order valence-corrected chi connectivity index (χ1v) is 15.1. The lowest BCUT2D eigenvalue weighted by atomic mass is 9.56. The minimum absolute atomic E-state index is 0.0427. The van der Waals surface area contributed by atoms with Gasteiger partial charge >= 0.3 is 11.4 Å². The molecule has 15 nitrogen and oxygen atoms in total. The van der Waals surface area contributed by atoms with Gasteiger partial charge in [-0.05, 0) is 37.0 Å². The highest BCUT2D eigenvalue weighted by atomic mass is 35.5. The minimum Gasteiger partial charge on any atom is -0.508 e. The zero-order valence-corrected chi connectivity index (χ0v) is 26.8. The third-order valence-corrected chi connectivity index (χ3v) is 11.1. The molecule has 2 aliphatic heterocycles. The number of fused-ring (bicyclic) bond motifs is 4. The second kappa shape index (κ2) is 10.6. The number of carbonyl (C=O) groups excluding carboxylic acids is 4. The Morgan fingerprint density at radius 3 is 2.15 bits per heavy atom. The fourth-order valence-corrected chi connectivity index (χ4v) is 8.70. The highest BCUT2D eigenvalue weighted by molar-refractivity contribution is 6.53. The summed E-state index contributed by atoms with van der Waals surface area (Å²) in [6.45, 7) is 0. The molecule has 1 N–H and O–H groups in total. The lowest BCUT2D eigenvalue weighted by molar-refractivity contribution is -0.392. The number of rotatable bonds is 6. The molecule has 6 atom stereocenters. The number of amides is 4. The molecule has 17 heteroatoms. The largest absolute Gasteiger partial charge is 0.508 e. The van der Waals surface area contributed by atoms with Gasteiger partial charge < -0.3 is 14.7 Å². The quantitative estimate of drug-likeness (QED) is 0.154. The third-order valence-electron chi connectivity index (χ3n) is 9.71. The Hall–Kier alpha value is -4.76. The number of benzene rings is 2. The standard InChI is InChI=1S/C30H27Cl2N5O10/c1-33(2)24-19(36(43)44)9-13(10-20(24)37(45)46)35-25(39)16-7-6-15-18(22(16)26(35)40)12-29(31)27(41)34(3)28(42)30(29,32)23(15)17-11-14(47-4)5-8-21(17)38/h5-6,8-11,16,18,22-23,38H,7,12H2,1-4H3/t16-,18+,22-,23+,29+,30-/m0/s1. The minimum atomic E-state index is -2.14. The van der Waals surface area contributed by atoms with Gasteiger partial charge in [0.2, 0.25) is 11.8 Å². The molecule has 2 aliphatic carbocycles. The Balaban J connectivity index is 1.52. The van der Waals surface area contributed by atoms with E-state index >= 15 is 0 Å². The molecule has 2 saturated heterocycles. The molecule has 6 rings (SSSR count). The normalized spacial score (nSPS) is 29.7. The third kappa shape index (κ3) is 4.18. The van der Waals surface area contributed by atoms with E-state index in [9.17, 15) is 44.5 Å². The van der Waals surface area contributed by atoms with Crippen LogP contribution in [0.2, 0.25) is 0 Å². The van der Waals surface area contributed by atoms with Crippen LogP contribution >= 0.6 is 23.2 Å². The molecule has 0 aromatic heterocycles. The molecule has 2 aromatic carbocycles. The van der Waals surface area contributed by atoms with E-state index in [0.29, 0.717) is 16.2 Å². The molecule has 2 aromatic rings. The maximum absolute atomic E-state index is 14.3. The SMILES string of the molecule is COc1ccc(O)c([C@H]2C3=CC[C@@H]4C(=O)N(c5cc([N+](=O)[O-])c(N(C)C)c([N+](=O)[O-])c5)C(=O)[C@@H]4[C@@H]3C[C@@]3(Cl)C(=O)N(C)C(=O)[C@@]23Cl)c1. The number of nitrogens with zero attached hydrogens (tertiary/aromatic N) is 5. The van der Waals surface area contributed by atoms with Crippen LogP contribution in [0.1, 0.15) is 24.3 Å². The fraction of sp³-hybridized carbons (Fsp3) is 0.400. The molecule has 2 heterocycles. The number of hydrogen-bond acceptors (Lipinski definition) is 11. The van der Waals surface area contributed by atoms with E-state index in [0.717, 1.165) is 17.0 Å². The second-order valence-corrected chi connectivity index (χ2v) is 13.4. The summed E-state index contributed by atoms with van der Waals surface area (Å²) in [5, 5.41) is 35.1. The van der Waals surface area contributed by atoms with Crippen LogP contribution in [-0.2, 0) is 19.2 Å². The molecule has 4 amide bonds. The number of halogens is 2. The summed E-state index contributed by atoms with van der Waals surface area (Å²) >= 11 is 14.3. The average molecular weight is 688 g/mol. The van der Waals surface area contributed by atoms with Gasteiger partial charge in [0.25, 0.3) is 11.8 Å². The van der Waals surface area contributed by atoms with Crippen molar-refractivity contribution in [3.8, 4) is 11.5 Å². The van der Waals surface area contributed by atoms with Crippen molar-refractivity contribution < 1.29 is 38.9 Å². The van der Waals surface area contributed by atoms with Crippen LogP contribution in [0.5, 0.6) is 11.5 Å². The number of likely N-dealkylation sites (tertiary alicyclic amines) is 1. The molecular formula is C30H27Cl2N5O10. The Morgan fingerprint density at radius 1 is 0.979 bits per heavy atom. The molecule has 47 heavy (non-hydrogen) atoms. The number of hydrogen-bond donors (Lipinski definition) is 1. The maximum atomic E-state index is 14.3. The highest BCUT2D eigenvalue weighted by Gasteiger charge is 2.76. The number of nitro benzene ring substituents is 2. The predicted octanol–water partition coefficient (Wildman–Crippen LogP) is 3.48. The van der Waals surface area contributed by atoms with E-state index in [1.54, 1.807) is 6.08 Å². The van der Waals surface area contributed by atoms with Crippen LogP contribution in [0, 0.1) is 38.0 Å². The zero-order valence-electron chi connectivity index (χ0n) is 25.3. The van der Waals surface area contributed by atoms with Gasteiger partial charge in [-0.3, -0.25) is 44.3 Å². The number of imide groups is 2. The zero-order chi connectivity index (χ0) is 34.5. The van der Waals surface area contributed by atoms with Gasteiger partial charge in [-0.25, -0.2) is 4.90 Å². The molecule has 3 fully saturated rings. The Kier molecular flexibility index (Phi) is 7.28. The van der Waals surface area contributed by atoms with Crippen molar-refractivity contribution in [2.24, 2.45) is 17.8 Å². The van der Waals surface area contributed by atoms with E-state index in [1.807, 2.05) is 0 Å². The molecule has 1 saturated carbocycles. The van der Waals surface area contributed by atoms with E-state index < -0.39 is 78.3 Å². The van der Waals surface area contributed by atoms with Gasteiger partial charge in [0, 0.05) is 44.8 Å². The van der Waals surface area contributed by atoms with Gasteiger partial charge in [-0.1, -0.05) is 11.6 Å². The number of aromatic hydroxyl groups is 1. The Bertz CT molecular complexity index is 1830. The molecule has 0 radical (unpaired) electrons. The van der Waals surface area contributed by atoms with Crippen molar-refractivity contribution >= 4 is 69.6 Å². The van der Waals surface area contributed by atoms with Crippen molar-refractivity contribution in [3.63, 3.8) is 0 Å². The predicted molar refractivity (Wildman–Crippen MR) is 167 cm³/mol. The van der Waals surface area contributed by atoms with Crippen molar-refractivity contribution in [2.45, 2.75) is 28.5 Å². The summed E-state index contributed by atoms with van der Waals surface area (Å²) in [7, 11) is 5.38. The summed E-state index contributed by atoms with van der Waals surface area (Å²) in [6.07, 6.45) is 1.26. The topological polar surface area (TPSA) is 194 Å². The number of phenolic OH excluding ortho intramolecular Hbond substituents is 1. The molecule has 4 aliphatic rings. The molecular weight excluding hydrogens is 661 g/mol. The number of methoxy groups -OCH3 is 1. The number of anilines is 2. The van der Waals surface area contributed by atoms with Crippen LogP contribution in [0.25, 0.3) is 0 Å². The van der Waals surface area contributed by atoms with Gasteiger partial charge in [0.15, 0.2) is 15.4 Å². The average Bonchev–Trinajstić information content (AvgIpc) is 3.35. The van der Waals surface area contributed by atoms with Crippen LogP contribution in [0.15, 0.2) is 42.0 Å². The smallest absolute Gasteiger partial charge is 0.301 e. The summed E-state index contributed by atoms with van der Waals surface area (Å²) in [5.41, 5.74) is -1.57. The van der Waals surface area contributed by atoms with Crippen LogP contribution in [0.3, 0.4) is 0 Å². The van der Waals surface area contributed by atoms with Gasteiger partial charge in [-0.15, -0.1) is 23.2 Å². The van der Waals surface area contributed by atoms with Crippen LogP contribution < -0.4 is 14.5 Å². The summed E-state index contributed by atoms with van der Waals surface area (Å²) < 4.78 is 5.34. The van der Waals surface area contributed by atoms with Crippen LogP contribution in [0.4, 0.5) is 22.7 Å². The lowest BCUT2D eigenvalue weighted by Gasteiger charge is -2.50. The molecule has 0 bridgehead atoms. The highest BCUT2D eigenvalue weighted by Crippen LogP contribution is 2.66. The number of phenols is 1. The van der Waals surface area contributed by atoms with E-state index in [1.165, 1.54) is 51.4 Å².